The number of nitro benzene ring substituents is 1. The van der Waals surface area contributed by atoms with Gasteiger partial charge in [0.1, 0.15) is 11.4 Å². The van der Waals surface area contributed by atoms with E-state index < -0.39 is 10.8 Å². The van der Waals surface area contributed by atoms with Crippen molar-refractivity contribution in [1.29, 1.82) is 0 Å². The Balaban J connectivity index is 1.66. The fourth-order valence-electron chi connectivity index (χ4n) is 3.78. The van der Waals surface area contributed by atoms with Crippen molar-refractivity contribution in [3.05, 3.63) is 80.3 Å². The number of carbonyl (C=O) groups excluding carboxylic acids is 1. The number of morpholine rings is 1. The molecule has 2 heterocycles. The standard InChI is InChI=1S/C22H23N5O5/c1-15-20(22(29)26(24(15)2)17-6-4-3-5-7-17)23-21(28)16-8-9-18(19(14-16)27(30)31)25-10-12-32-13-11-25/h3-9,14H,10-13H2,1-2H3,(H,23,28). The minimum absolute atomic E-state index is 0.0997. The fraction of sp³-hybridized carbons (Fsp3) is 0.273. The number of anilines is 2. The van der Waals surface area contributed by atoms with E-state index in [1.165, 1.54) is 16.8 Å². The van der Waals surface area contributed by atoms with Crippen LogP contribution < -0.4 is 15.8 Å². The third kappa shape index (κ3) is 3.87. The zero-order chi connectivity index (χ0) is 22.8. The number of carbonyl (C=O) groups is 1. The Morgan fingerprint density at radius 1 is 1.12 bits per heavy atom. The average Bonchev–Trinajstić information content (AvgIpc) is 3.02. The number of nitrogens with zero attached hydrogens (tertiary/aromatic N) is 4. The number of hydrogen-bond donors (Lipinski definition) is 1. The first-order valence-corrected chi connectivity index (χ1v) is 10.1. The number of para-hydroxylation sites is 1. The summed E-state index contributed by atoms with van der Waals surface area (Å²) in [7, 11) is 1.72. The molecule has 0 aliphatic carbocycles. The Morgan fingerprint density at radius 2 is 1.81 bits per heavy atom. The van der Waals surface area contributed by atoms with Gasteiger partial charge in [0.15, 0.2) is 0 Å². The number of rotatable bonds is 5. The maximum atomic E-state index is 13.0. The molecule has 1 saturated heterocycles. The number of ether oxygens (including phenoxy) is 1. The van der Waals surface area contributed by atoms with E-state index in [2.05, 4.69) is 5.32 Å². The zero-order valence-electron chi connectivity index (χ0n) is 17.8. The molecule has 1 aromatic heterocycles. The van der Waals surface area contributed by atoms with E-state index >= 15 is 0 Å². The van der Waals surface area contributed by atoms with E-state index in [0.717, 1.165) is 0 Å². The van der Waals surface area contributed by atoms with Crippen LogP contribution in [0, 0.1) is 17.0 Å². The topological polar surface area (TPSA) is 112 Å². The van der Waals surface area contributed by atoms with Crippen molar-refractivity contribution >= 4 is 23.0 Å². The summed E-state index contributed by atoms with van der Waals surface area (Å²) >= 11 is 0. The Bertz CT molecular complexity index is 1230. The largest absolute Gasteiger partial charge is 0.378 e. The normalized spacial score (nSPS) is 13.8. The van der Waals surface area contributed by atoms with Gasteiger partial charge in [-0.15, -0.1) is 0 Å². The molecule has 0 atom stereocenters. The molecule has 1 aliphatic rings. The van der Waals surface area contributed by atoms with Crippen molar-refractivity contribution in [1.82, 2.24) is 9.36 Å². The van der Waals surface area contributed by atoms with E-state index in [4.69, 9.17) is 4.74 Å². The second-order valence-electron chi connectivity index (χ2n) is 7.45. The van der Waals surface area contributed by atoms with Gasteiger partial charge in [0.25, 0.3) is 17.2 Å². The van der Waals surface area contributed by atoms with Gasteiger partial charge in [0, 0.05) is 31.8 Å². The summed E-state index contributed by atoms with van der Waals surface area (Å²) in [6.45, 7) is 3.77. The van der Waals surface area contributed by atoms with Crippen molar-refractivity contribution < 1.29 is 14.5 Å². The van der Waals surface area contributed by atoms with Crippen molar-refractivity contribution in [3.8, 4) is 5.69 Å². The van der Waals surface area contributed by atoms with E-state index in [1.807, 2.05) is 23.1 Å². The van der Waals surface area contributed by atoms with Gasteiger partial charge in [-0.25, -0.2) is 4.68 Å². The molecule has 32 heavy (non-hydrogen) atoms. The van der Waals surface area contributed by atoms with Crippen LogP contribution in [0.4, 0.5) is 17.1 Å². The van der Waals surface area contributed by atoms with Gasteiger partial charge in [0.05, 0.1) is 29.5 Å². The second kappa shape index (κ2) is 8.67. The highest BCUT2D eigenvalue weighted by Crippen LogP contribution is 2.30. The van der Waals surface area contributed by atoms with Crippen molar-refractivity contribution in [2.75, 3.05) is 36.5 Å². The molecule has 1 aliphatic heterocycles. The van der Waals surface area contributed by atoms with Crippen LogP contribution in [-0.4, -0.2) is 46.5 Å². The summed E-state index contributed by atoms with van der Waals surface area (Å²) in [4.78, 5) is 39.0. The van der Waals surface area contributed by atoms with Crippen molar-refractivity contribution in [3.63, 3.8) is 0 Å². The van der Waals surface area contributed by atoms with Crippen LogP contribution in [0.5, 0.6) is 0 Å². The summed E-state index contributed by atoms with van der Waals surface area (Å²) < 4.78 is 8.41. The third-order valence-corrected chi connectivity index (χ3v) is 5.58. The van der Waals surface area contributed by atoms with Crippen LogP contribution in [0.3, 0.4) is 0 Å². The molecule has 0 saturated carbocycles. The molecular formula is C22H23N5O5. The minimum atomic E-state index is -0.590. The molecule has 1 amide bonds. The first kappa shape index (κ1) is 21.3. The first-order chi connectivity index (χ1) is 15.4. The lowest BCUT2D eigenvalue weighted by Gasteiger charge is -2.28. The molecule has 1 fully saturated rings. The van der Waals surface area contributed by atoms with E-state index in [-0.39, 0.29) is 22.5 Å². The highest BCUT2D eigenvalue weighted by atomic mass is 16.6. The molecule has 0 unspecified atom stereocenters. The summed E-state index contributed by atoms with van der Waals surface area (Å²) in [5, 5.41) is 14.3. The van der Waals surface area contributed by atoms with Crippen LogP contribution in [0.15, 0.2) is 53.3 Å². The van der Waals surface area contributed by atoms with Gasteiger partial charge < -0.3 is 15.0 Å². The number of aromatic nitrogens is 2. The molecule has 0 radical (unpaired) electrons. The SMILES string of the molecule is Cc1c(NC(=O)c2ccc(N3CCOCC3)c([N+](=O)[O-])c2)c(=O)n(-c2ccccc2)n1C. The lowest BCUT2D eigenvalue weighted by atomic mass is 10.1. The van der Waals surface area contributed by atoms with Crippen molar-refractivity contribution in [2.45, 2.75) is 6.92 Å². The molecule has 1 N–H and O–H groups in total. The summed E-state index contributed by atoms with van der Waals surface area (Å²) in [5.41, 5.74) is 1.34. The molecule has 3 aromatic rings. The van der Waals surface area contributed by atoms with Crippen LogP contribution in [0.25, 0.3) is 5.69 Å². The van der Waals surface area contributed by atoms with E-state index in [1.54, 1.807) is 36.9 Å². The second-order valence-corrected chi connectivity index (χ2v) is 7.45. The lowest BCUT2D eigenvalue weighted by molar-refractivity contribution is -0.384. The zero-order valence-corrected chi connectivity index (χ0v) is 17.8. The van der Waals surface area contributed by atoms with Crippen molar-refractivity contribution in [2.24, 2.45) is 7.05 Å². The first-order valence-electron chi connectivity index (χ1n) is 10.1. The minimum Gasteiger partial charge on any atom is -0.378 e. The van der Waals surface area contributed by atoms with Gasteiger partial charge in [0.2, 0.25) is 0 Å². The van der Waals surface area contributed by atoms with Crippen LogP contribution >= 0.6 is 0 Å². The Hall–Kier alpha value is -3.92. The molecule has 10 heteroatoms. The number of nitrogens with one attached hydrogen (secondary N) is 1. The quantitative estimate of drug-likeness (QED) is 0.485. The Kier molecular flexibility index (Phi) is 5.78. The Morgan fingerprint density at radius 3 is 2.47 bits per heavy atom. The highest BCUT2D eigenvalue weighted by Gasteiger charge is 2.25. The third-order valence-electron chi connectivity index (χ3n) is 5.58. The van der Waals surface area contributed by atoms with E-state index in [9.17, 15) is 19.7 Å². The van der Waals surface area contributed by atoms with Crippen LogP contribution in [0.1, 0.15) is 16.1 Å². The van der Waals surface area contributed by atoms with Gasteiger partial charge in [-0.2, -0.15) is 0 Å². The number of nitro groups is 1. The van der Waals surface area contributed by atoms with E-state index in [0.29, 0.717) is 43.4 Å². The number of hydrogen-bond acceptors (Lipinski definition) is 6. The molecule has 10 nitrogen and oxygen atoms in total. The molecular weight excluding hydrogens is 414 g/mol. The van der Waals surface area contributed by atoms with Gasteiger partial charge in [-0.1, -0.05) is 18.2 Å². The van der Waals surface area contributed by atoms with Gasteiger partial charge >= 0.3 is 0 Å². The lowest BCUT2D eigenvalue weighted by Crippen LogP contribution is -2.36. The Labute approximate surface area is 183 Å². The summed E-state index contributed by atoms with van der Waals surface area (Å²) in [5.74, 6) is -0.590. The highest BCUT2D eigenvalue weighted by molar-refractivity contribution is 6.05. The molecule has 166 valence electrons. The van der Waals surface area contributed by atoms with Crippen LogP contribution in [-0.2, 0) is 11.8 Å². The number of benzene rings is 2. The van der Waals surface area contributed by atoms with Gasteiger partial charge in [-0.3, -0.25) is 24.4 Å². The predicted molar refractivity (Wildman–Crippen MR) is 120 cm³/mol. The van der Waals surface area contributed by atoms with Crippen LogP contribution in [0.2, 0.25) is 0 Å². The van der Waals surface area contributed by atoms with Gasteiger partial charge in [-0.05, 0) is 31.2 Å². The molecule has 2 aromatic carbocycles. The molecule has 0 spiro atoms. The maximum absolute atomic E-state index is 13.0. The summed E-state index contributed by atoms with van der Waals surface area (Å²) in [6.07, 6.45) is 0. The smallest absolute Gasteiger partial charge is 0.295 e. The predicted octanol–water partition coefficient (Wildman–Crippen LogP) is 2.48. The monoisotopic (exact) mass is 437 g/mol. The average molecular weight is 437 g/mol. The fourth-order valence-corrected chi connectivity index (χ4v) is 3.78. The molecule has 4 rings (SSSR count). The summed E-state index contributed by atoms with van der Waals surface area (Å²) in [6, 6.07) is 13.4. The molecule has 0 bridgehead atoms. The maximum Gasteiger partial charge on any atom is 0.295 e. The number of amides is 1.